The van der Waals surface area contributed by atoms with Gasteiger partial charge in [0.25, 0.3) is 5.91 Å². The number of carbonyl (C=O) groups excluding carboxylic acids is 1. The van der Waals surface area contributed by atoms with Gasteiger partial charge in [0.15, 0.2) is 0 Å². The number of benzene rings is 3. The molecule has 1 amide bonds. The highest BCUT2D eigenvalue weighted by molar-refractivity contribution is 6.37. The van der Waals surface area contributed by atoms with Crippen LogP contribution in [0.2, 0.25) is 0 Å². The number of fused-ring (bicyclic) bond motifs is 1. The molecule has 6 nitrogen and oxygen atoms in total. The van der Waals surface area contributed by atoms with Crippen molar-refractivity contribution in [3.63, 3.8) is 0 Å². The van der Waals surface area contributed by atoms with Crippen molar-refractivity contribution in [1.82, 2.24) is 9.80 Å². The predicted molar refractivity (Wildman–Crippen MR) is 136 cm³/mol. The lowest BCUT2D eigenvalue weighted by molar-refractivity contribution is -0.110. The van der Waals surface area contributed by atoms with Crippen LogP contribution in [0.3, 0.4) is 0 Å². The molecular formula is C28H27N5O. The SMILES string of the molecule is CN1CCN(Cc2ccc(NC(=C3C(=O)Nc4ccc(C#N)cc43)c3ccccc3)cc2)CC1. The summed E-state index contributed by atoms with van der Waals surface area (Å²) in [5.41, 5.74) is 6.33. The smallest absolute Gasteiger partial charge is 0.258 e. The number of hydrogen-bond acceptors (Lipinski definition) is 5. The van der Waals surface area contributed by atoms with E-state index in [-0.39, 0.29) is 5.91 Å². The summed E-state index contributed by atoms with van der Waals surface area (Å²) in [6, 6.07) is 25.7. The number of piperazine rings is 1. The molecule has 3 aromatic rings. The van der Waals surface area contributed by atoms with Crippen molar-refractivity contribution in [2.75, 3.05) is 43.9 Å². The van der Waals surface area contributed by atoms with Crippen LogP contribution in [0, 0.1) is 11.3 Å². The molecular weight excluding hydrogens is 422 g/mol. The Labute approximate surface area is 200 Å². The summed E-state index contributed by atoms with van der Waals surface area (Å²) in [6.45, 7) is 5.31. The Morgan fingerprint density at radius 3 is 2.44 bits per heavy atom. The van der Waals surface area contributed by atoms with E-state index >= 15 is 0 Å². The van der Waals surface area contributed by atoms with Crippen molar-refractivity contribution in [3.8, 4) is 6.07 Å². The third kappa shape index (κ3) is 4.58. The maximum atomic E-state index is 13.0. The minimum absolute atomic E-state index is 0.178. The topological polar surface area (TPSA) is 71.4 Å². The first-order chi connectivity index (χ1) is 16.6. The molecule has 0 unspecified atom stereocenters. The molecule has 0 aliphatic carbocycles. The van der Waals surface area contributed by atoms with Gasteiger partial charge in [0.1, 0.15) is 0 Å². The van der Waals surface area contributed by atoms with Crippen LogP contribution < -0.4 is 10.6 Å². The summed E-state index contributed by atoms with van der Waals surface area (Å²) in [6.07, 6.45) is 0. The van der Waals surface area contributed by atoms with E-state index in [1.165, 1.54) is 5.56 Å². The zero-order chi connectivity index (χ0) is 23.5. The number of nitrogens with zero attached hydrogens (tertiary/aromatic N) is 3. The number of hydrogen-bond donors (Lipinski definition) is 2. The lowest BCUT2D eigenvalue weighted by Gasteiger charge is -2.32. The molecule has 0 atom stereocenters. The standard InChI is InChI=1S/C28H27N5O/c1-32-13-15-33(16-14-32)19-20-7-10-23(11-8-20)30-27(22-5-3-2-4-6-22)26-24-17-21(18-29)9-12-25(24)31-28(26)34/h2-12,17,30H,13-16,19H2,1H3,(H,31,34). The van der Waals surface area contributed by atoms with Crippen molar-refractivity contribution in [1.29, 1.82) is 5.26 Å². The monoisotopic (exact) mass is 449 g/mol. The number of likely N-dealkylation sites (N-methyl/N-ethyl adjacent to an activating group) is 1. The highest BCUT2D eigenvalue weighted by atomic mass is 16.2. The van der Waals surface area contributed by atoms with Gasteiger partial charge in [0.05, 0.1) is 22.9 Å². The first-order valence-corrected chi connectivity index (χ1v) is 11.5. The van der Waals surface area contributed by atoms with Gasteiger partial charge >= 0.3 is 0 Å². The maximum absolute atomic E-state index is 13.0. The Hall–Kier alpha value is -3.92. The lowest BCUT2D eigenvalue weighted by Crippen LogP contribution is -2.43. The van der Waals surface area contributed by atoms with Crippen LogP contribution >= 0.6 is 0 Å². The summed E-state index contributed by atoms with van der Waals surface area (Å²) in [5, 5.41) is 15.8. The first kappa shape index (κ1) is 21.9. The van der Waals surface area contributed by atoms with Gasteiger partial charge in [-0.1, -0.05) is 42.5 Å². The van der Waals surface area contributed by atoms with Crippen LogP contribution in [-0.2, 0) is 11.3 Å². The lowest BCUT2D eigenvalue weighted by atomic mass is 9.98. The van der Waals surface area contributed by atoms with E-state index in [1.54, 1.807) is 18.2 Å². The average Bonchev–Trinajstić information content (AvgIpc) is 3.20. The fourth-order valence-corrected chi connectivity index (χ4v) is 4.47. The largest absolute Gasteiger partial charge is 0.354 e. The zero-order valence-corrected chi connectivity index (χ0v) is 19.2. The molecule has 2 aliphatic heterocycles. The van der Waals surface area contributed by atoms with Gasteiger partial charge in [-0.3, -0.25) is 9.69 Å². The fourth-order valence-electron chi connectivity index (χ4n) is 4.47. The Kier molecular flexibility index (Phi) is 6.13. The molecule has 6 heteroatoms. The van der Waals surface area contributed by atoms with Crippen LogP contribution in [0.1, 0.15) is 22.3 Å². The Morgan fingerprint density at radius 2 is 1.74 bits per heavy atom. The van der Waals surface area contributed by atoms with Crippen LogP contribution in [0.25, 0.3) is 11.3 Å². The molecule has 1 saturated heterocycles. The quantitative estimate of drug-likeness (QED) is 0.570. The Morgan fingerprint density at radius 1 is 1.00 bits per heavy atom. The molecule has 1 fully saturated rings. The fraction of sp³-hybridized carbons (Fsp3) is 0.214. The molecule has 2 aliphatic rings. The van der Waals surface area contributed by atoms with Gasteiger partial charge in [0.2, 0.25) is 0 Å². The highest BCUT2D eigenvalue weighted by Gasteiger charge is 2.28. The Balaban J connectivity index is 1.46. The minimum atomic E-state index is -0.178. The molecule has 3 aromatic carbocycles. The van der Waals surface area contributed by atoms with Crippen LogP contribution in [0.15, 0.2) is 72.8 Å². The molecule has 34 heavy (non-hydrogen) atoms. The van der Waals surface area contributed by atoms with Crippen molar-refractivity contribution >= 4 is 28.6 Å². The van der Waals surface area contributed by atoms with E-state index in [4.69, 9.17) is 0 Å². The zero-order valence-electron chi connectivity index (χ0n) is 19.2. The van der Waals surface area contributed by atoms with E-state index in [1.807, 2.05) is 30.3 Å². The highest BCUT2D eigenvalue weighted by Crippen LogP contribution is 2.38. The van der Waals surface area contributed by atoms with Crippen molar-refractivity contribution in [2.45, 2.75) is 6.54 Å². The van der Waals surface area contributed by atoms with Gasteiger partial charge in [-0.05, 0) is 48.5 Å². The number of carbonyl (C=O) groups is 1. The predicted octanol–water partition coefficient (Wildman–Crippen LogP) is 4.24. The van der Waals surface area contributed by atoms with Crippen LogP contribution in [0.5, 0.6) is 0 Å². The van der Waals surface area contributed by atoms with E-state index in [2.05, 4.69) is 57.8 Å². The second kappa shape index (κ2) is 9.52. The Bertz CT molecular complexity index is 1270. The van der Waals surface area contributed by atoms with Crippen LogP contribution in [-0.4, -0.2) is 48.9 Å². The van der Waals surface area contributed by atoms with E-state index in [0.29, 0.717) is 11.1 Å². The molecule has 0 spiro atoms. The van der Waals surface area contributed by atoms with E-state index in [0.717, 1.165) is 60.9 Å². The van der Waals surface area contributed by atoms with Gasteiger partial charge < -0.3 is 15.5 Å². The molecule has 2 N–H and O–H groups in total. The average molecular weight is 450 g/mol. The maximum Gasteiger partial charge on any atom is 0.258 e. The van der Waals surface area contributed by atoms with Gasteiger partial charge in [-0.15, -0.1) is 0 Å². The van der Waals surface area contributed by atoms with Crippen molar-refractivity contribution in [3.05, 3.63) is 95.1 Å². The third-order valence-electron chi connectivity index (χ3n) is 6.43. The molecule has 0 bridgehead atoms. The molecule has 0 aromatic heterocycles. The molecule has 5 rings (SSSR count). The summed E-state index contributed by atoms with van der Waals surface area (Å²) < 4.78 is 0. The number of amides is 1. The minimum Gasteiger partial charge on any atom is -0.354 e. The number of anilines is 2. The second-order valence-corrected chi connectivity index (χ2v) is 8.84. The number of nitriles is 1. The summed E-state index contributed by atoms with van der Waals surface area (Å²) in [5.74, 6) is -0.178. The molecule has 170 valence electrons. The third-order valence-corrected chi connectivity index (χ3v) is 6.43. The van der Waals surface area contributed by atoms with Gasteiger partial charge in [-0.25, -0.2) is 0 Å². The molecule has 0 radical (unpaired) electrons. The second-order valence-electron chi connectivity index (χ2n) is 8.84. The summed E-state index contributed by atoms with van der Waals surface area (Å²) in [4.78, 5) is 17.9. The normalized spacial score (nSPS) is 17.6. The van der Waals surface area contributed by atoms with Crippen molar-refractivity contribution < 1.29 is 4.79 Å². The van der Waals surface area contributed by atoms with Crippen LogP contribution in [0.4, 0.5) is 11.4 Å². The number of rotatable bonds is 5. The van der Waals surface area contributed by atoms with Gasteiger partial charge in [0, 0.05) is 49.7 Å². The summed E-state index contributed by atoms with van der Waals surface area (Å²) in [7, 11) is 2.17. The van der Waals surface area contributed by atoms with Crippen molar-refractivity contribution in [2.24, 2.45) is 0 Å². The summed E-state index contributed by atoms with van der Waals surface area (Å²) >= 11 is 0. The van der Waals surface area contributed by atoms with Gasteiger partial charge in [-0.2, -0.15) is 5.26 Å². The van der Waals surface area contributed by atoms with E-state index in [9.17, 15) is 10.1 Å². The van der Waals surface area contributed by atoms with E-state index < -0.39 is 0 Å². The number of nitrogens with one attached hydrogen (secondary N) is 2. The molecule has 0 saturated carbocycles. The molecule has 2 heterocycles. The first-order valence-electron chi connectivity index (χ1n) is 11.5.